The van der Waals surface area contributed by atoms with Crippen molar-refractivity contribution < 1.29 is 17.9 Å². The van der Waals surface area contributed by atoms with Gasteiger partial charge in [-0.25, -0.2) is 8.42 Å². The highest BCUT2D eigenvalue weighted by Crippen LogP contribution is 2.24. The second-order valence-corrected chi connectivity index (χ2v) is 9.70. The predicted molar refractivity (Wildman–Crippen MR) is 113 cm³/mol. The molecular weight excluding hydrogens is 435 g/mol. The summed E-state index contributed by atoms with van der Waals surface area (Å²) in [5.74, 6) is -0.423. The lowest BCUT2D eigenvalue weighted by molar-refractivity contribution is 0.0162. The van der Waals surface area contributed by atoms with Crippen molar-refractivity contribution in [3.8, 4) is 0 Å². The standard InChI is InChI=1S/C20H22Cl2N2O4S/c1-29(26,27)16-6-7-18(22)17(12-16)20(25)23-13-19(24-8-10-28-11-9-24)14-2-4-15(21)5-3-14/h2-7,12,19H,8-11,13H2,1H3,(H,23,25). The molecule has 1 amide bonds. The van der Waals surface area contributed by atoms with E-state index in [-0.39, 0.29) is 21.5 Å². The third-order valence-corrected chi connectivity index (χ3v) is 6.50. The minimum atomic E-state index is -3.44. The van der Waals surface area contributed by atoms with E-state index in [1.54, 1.807) is 0 Å². The molecule has 9 heteroatoms. The normalized spacial score (nSPS) is 16.4. The summed E-state index contributed by atoms with van der Waals surface area (Å²) >= 11 is 12.2. The minimum absolute atomic E-state index is 0.0504. The first-order valence-electron chi connectivity index (χ1n) is 9.11. The first-order valence-corrected chi connectivity index (χ1v) is 11.8. The van der Waals surface area contributed by atoms with Crippen LogP contribution in [0.4, 0.5) is 0 Å². The van der Waals surface area contributed by atoms with Gasteiger partial charge in [-0.05, 0) is 35.9 Å². The number of rotatable bonds is 6. The Morgan fingerprint density at radius 3 is 2.41 bits per heavy atom. The van der Waals surface area contributed by atoms with Gasteiger partial charge in [-0.1, -0.05) is 35.3 Å². The second-order valence-electron chi connectivity index (χ2n) is 6.84. The molecule has 1 aliphatic rings. The third-order valence-electron chi connectivity index (χ3n) is 4.81. The van der Waals surface area contributed by atoms with Gasteiger partial charge in [-0.2, -0.15) is 0 Å². The van der Waals surface area contributed by atoms with E-state index >= 15 is 0 Å². The Bertz CT molecular complexity index is 974. The molecular formula is C20H22Cl2N2O4S. The number of carbonyl (C=O) groups excluding carboxylic acids is 1. The monoisotopic (exact) mass is 456 g/mol. The van der Waals surface area contributed by atoms with Gasteiger partial charge >= 0.3 is 0 Å². The molecule has 0 aromatic heterocycles. The summed E-state index contributed by atoms with van der Waals surface area (Å²) in [6.07, 6.45) is 1.09. The van der Waals surface area contributed by atoms with Gasteiger partial charge in [-0.3, -0.25) is 9.69 Å². The van der Waals surface area contributed by atoms with Crippen LogP contribution in [0.5, 0.6) is 0 Å². The molecule has 0 bridgehead atoms. The SMILES string of the molecule is CS(=O)(=O)c1ccc(Cl)c(C(=O)NCC(c2ccc(Cl)cc2)N2CCOCC2)c1. The van der Waals surface area contributed by atoms with E-state index in [0.717, 1.165) is 24.9 Å². The highest BCUT2D eigenvalue weighted by molar-refractivity contribution is 7.90. The zero-order valence-electron chi connectivity index (χ0n) is 15.9. The van der Waals surface area contributed by atoms with E-state index in [2.05, 4.69) is 10.2 Å². The maximum atomic E-state index is 12.8. The fourth-order valence-electron chi connectivity index (χ4n) is 3.23. The maximum absolute atomic E-state index is 12.8. The molecule has 1 unspecified atom stereocenters. The lowest BCUT2D eigenvalue weighted by Gasteiger charge is -2.35. The molecule has 1 atom stereocenters. The van der Waals surface area contributed by atoms with E-state index < -0.39 is 15.7 Å². The van der Waals surface area contributed by atoms with Crippen LogP contribution in [-0.2, 0) is 14.6 Å². The maximum Gasteiger partial charge on any atom is 0.252 e. The van der Waals surface area contributed by atoms with Gasteiger partial charge in [0.05, 0.1) is 34.7 Å². The molecule has 2 aromatic rings. The lowest BCUT2D eigenvalue weighted by Crippen LogP contribution is -2.43. The van der Waals surface area contributed by atoms with Gasteiger partial charge in [0.2, 0.25) is 0 Å². The summed E-state index contributed by atoms with van der Waals surface area (Å²) in [4.78, 5) is 15.1. The molecule has 6 nitrogen and oxygen atoms in total. The van der Waals surface area contributed by atoms with Crippen LogP contribution in [0.3, 0.4) is 0 Å². The first kappa shape index (κ1) is 22.1. The van der Waals surface area contributed by atoms with Crippen LogP contribution in [-0.4, -0.2) is 58.3 Å². The van der Waals surface area contributed by atoms with Crippen molar-refractivity contribution in [1.82, 2.24) is 10.2 Å². The van der Waals surface area contributed by atoms with Gasteiger partial charge in [0.1, 0.15) is 0 Å². The lowest BCUT2D eigenvalue weighted by atomic mass is 10.0. The summed E-state index contributed by atoms with van der Waals surface area (Å²) in [6, 6.07) is 11.6. The van der Waals surface area contributed by atoms with Gasteiger partial charge < -0.3 is 10.1 Å². The topological polar surface area (TPSA) is 75.7 Å². The van der Waals surface area contributed by atoms with E-state index in [1.165, 1.54) is 18.2 Å². The number of halogens is 2. The third kappa shape index (κ3) is 5.71. The van der Waals surface area contributed by atoms with Gasteiger partial charge in [0.15, 0.2) is 9.84 Å². The highest BCUT2D eigenvalue weighted by Gasteiger charge is 2.24. The summed E-state index contributed by atoms with van der Waals surface area (Å²) in [5.41, 5.74) is 1.15. The Morgan fingerprint density at radius 2 is 1.79 bits per heavy atom. The summed E-state index contributed by atoms with van der Waals surface area (Å²) in [5, 5.41) is 3.74. The number of amides is 1. The highest BCUT2D eigenvalue weighted by atomic mass is 35.5. The quantitative estimate of drug-likeness (QED) is 0.721. The number of carbonyl (C=O) groups is 1. The van der Waals surface area contributed by atoms with E-state index in [9.17, 15) is 13.2 Å². The zero-order chi connectivity index (χ0) is 21.0. The van der Waals surface area contributed by atoms with E-state index in [1.807, 2.05) is 24.3 Å². The summed E-state index contributed by atoms with van der Waals surface area (Å²) in [7, 11) is -3.44. The fourth-order valence-corrected chi connectivity index (χ4v) is 4.20. The Balaban J connectivity index is 1.80. The molecule has 156 valence electrons. The Hall–Kier alpha value is -1.64. The van der Waals surface area contributed by atoms with Crippen LogP contribution < -0.4 is 5.32 Å². The van der Waals surface area contributed by atoms with Crippen molar-refractivity contribution in [3.05, 3.63) is 63.6 Å². The summed E-state index contributed by atoms with van der Waals surface area (Å²) in [6.45, 7) is 3.07. The Labute approximate surface area is 180 Å². The van der Waals surface area contributed by atoms with Gasteiger partial charge in [0.25, 0.3) is 5.91 Å². The molecule has 2 aromatic carbocycles. The number of ether oxygens (including phenoxy) is 1. The van der Waals surface area contributed by atoms with Crippen LogP contribution in [0.25, 0.3) is 0 Å². The number of hydrogen-bond acceptors (Lipinski definition) is 5. The molecule has 0 aliphatic carbocycles. The molecule has 1 heterocycles. The van der Waals surface area contributed by atoms with Crippen molar-refractivity contribution in [3.63, 3.8) is 0 Å². The average molecular weight is 457 g/mol. The van der Waals surface area contributed by atoms with Crippen LogP contribution in [0.2, 0.25) is 10.0 Å². The van der Waals surface area contributed by atoms with Crippen LogP contribution in [0, 0.1) is 0 Å². The van der Waals surface area contributed by atoms with Gasteiger partial charge in [-0.15, -0.1) is 0 Å². The largest absolute Gasteiger partial charge is 0.379 e. The number of benzene rings is 2. The molecule has 1 N–H and O–H groups in total. The van der Waals surface area contributed by atoms with Crippen molar-refractivity contribution in [1.29, 1.82) is 0 Å². The number of nitrogens with zero attached hydrogens (tertiary/aromatic N) is 1. The van der Waals surface area contributed by atoms with Crippen LogP contribution in [0.15, 0.2) is 47.4 Å². The van der Waals surface area contributed by atoms with Crippen LogP contribution >= 0.6 is 23.2 Å². The predicted octanol–water partition coefficient (Wildman–Crippen LogP) is 3.20. The molecule has 0 saturated carbocycles. The first-order chi connectivity index (χ1) is 13.8. The van der Waals surface area contributed by atoms with Gasteiger partial charge in [0, 0.05) is 30.9 Å². The van der Waals surface area contributed by atoms with Crippen molar-refractivity contribution in [2.45, 2.75) is 10.9 Å². The fraction of sp³-hybridized carbons (Fsp3) is 0.350. The summed E-state index contributed by atoms with van der Waals surface area (Å²) < 4.78 is 29.0. The van der Waals surface area contributed by atoms with Crippen molar-refractivity contribution >= 4 is 38.9 Å². The van der Waals surface area contributed by atoms with Crippen molar-refractivity contribution in [2.24, 2.45) is 0 Å². The van der Waals surface area contributed by atoms with Crippen molar-refractivity contribution in [2.75, 3.05) is 39.1 Å². The number of morpholine rings is 1. The average Bonchev–Trinajstić information content (AvgIpc) is 2.69. The molecule has 0 radical (unpaired) electrons. The molecule has 1 fully saturated rings. The minimum Gasteiger partial charge on any atom is -0.379 e. The molecule has 29 heavy (non-hydrogen) atoms. The zero-order valence-corrected chi connectivity index (χ0v) is 18.2. The number of hydrogen-bond donors (Lipinski definition) is 1. The molecule has 3 rings (SSSR count). The van der Waals surface area contributed by atoms with E-state index in [4.69, 9.17) is 27.9 Å². The molecule has 1 saturated heterocycles. The second kappa shape index (κ2) is 9.45. The smallest absolute Gasteiger partial charge is 0.252 e. The molecule has 1 aliphatic heterocycles. The van der Waals surface area contributed by atoms with Crippen LogP contribution in [0.1, 0.15) is 22.0 Å². The number of nitrogens with one attached hydrogen (secondary N) is 1. The van der Waals surface area contributed by atoms with E-state index in [0.29, 0.717) is 24.8 Å². The molecule has 0 spiro atoms. The number of sulfone groups is 1. The Morgan fingerprint density at radius 1 is 1.14 bits per heavy atom. The Kier molecular flexibility index (Phi) is 7.19.